The third kappa shape index (κ3) is 15.7. The van der Waals surface area contributed by atoms with Crippen LogP contribution < -0.4 is 0 Å². The fraction of sp³-hybridized carbons (Fsp3) is 0.441. The Hall–Kier alpha value is -7.20. The van der Waals surface area contributed by atoms with Crippen LogP contribution in [0.2, 0.25) is 0 Å². The van der Waals surface area contributed by atoms with E-state index in [1.807, 2.05) is 67.6 Å². The third-order valence-electron chi connectivity index (χ3n) is 15.1. The number of aromatic nitrogens is 9. The molecule has 460 valence electrons. The number of azide groups is 1. The van der Waals surface area contributed by atoms with Crippen molar-refractivity contribution in [1.29, 1.82) is 0 Å². The van der Waals surface area contributed by atoms with Crippen LogP contribution in [0.3, 0.4) is 0 Å². The lowest BCUT2D eigenvalue weighted by atomic mass is 9.89. The van der Waals surface area contributed by atoms with E-state index in [2.05, 4.69) is 46.9 Å². The van der Waals surface area contributed by atoms with Crippen LogP contribution in [0.1, 0.15) is 37.5 Å². The van der Waals surface area contributed by atoms with Crippen LogP contribution in [-0.2, 0) is 38.0 Å². The van der Waals surface area contributed by atoms with E-state index in [1.54, 1.807) is 52.2 Å². The molecule has 16 atom stereocenters. The first-order valence-corrected chi connectivity index (χ1v) is 29.6. The molecule has 4 aromatic carbocycles. The SMILES string of the molecule is C#Cc1cccc(F)c1.COC1C(SC2COCC(n3cc(-c4ccccc4)nn3)C2O)OC(CO)C(O)C1n1cc(-c2cccc(F)c2)nn1.COC1C(SC2COCC(n3cc(-c4ccccc4)nn3)C2O)OC(COC(C)=O)C(C)C1N=[N+]=[N-]. The molecule has 7 heterocycles. The number of carbonyl (C=O) groups is 1. The first kappa shape index (κ1) is 64.3. The molecule has 24 nitrogen and oxygen atoms in total. The van der Waals surface area contributed by atoms with Crippen LogP contribution in [-0.4, -0.2) is 195 Å². The van der Waals surface area contributed by atoms with Crippen LogP contribution in [0, 0.1) is 29.9 Å². The van der Waals surface area contributed by atoms with Gasteiger partial charge in [0.25, 0.3) is 0 Å². The second kappa shape index (κ2) is 30.6. The van der Waals surface area contributed by atoms with E-state index < -0.39 is 101 Å². The Kier molecular flexibility index (Phi) is 22.6. The molecule has 0 radical (unpaired) electrons. The number of esters is 1. The van der Waals surface area contributed by atoms with Crippen molar-refractivity contribution < 1.29 is 67.2 Å². The highest BCUT2D eigenvalue weighted by atomic mass is 32.2. The standard InChI is InChI=1S/C28H31FN6O6S.C23H30N6O6S.C8H5F/c1-39-27-24(35-12-20(31-33-35)17-8-5-9-18(29)10-17)26(38)22(13-36)41-28(27)42-23-15-40-14-21(25(23)37)34-11-19(30-32-34)16-6-3-2-4-7-16;1-13-18(11-34-14(2)30)35-23(22(32-3)20(13)26-27-24)36-19-12-33-10-17(21(19)31)29-9-16(25-28-29)15-7-5-4-6-8-15;1-2-7-4-3-5-8(9)6-7/h2-12,21-28,36-38H,13-15H2,1H3;4-9,13,17-23,31H,10-12H2,1-3H3;1,3-6H. The summed E-state index contributed by atoms with van der Waals surface area (Å²) in [5.41, 5.74) is 12.6. The van der Waals surface area contributed by atoms with Crippen molar-refractivity contribution in [3.8, 4) is 46.1 Å². The number of hydrogen-bond acceptors (Lipinski definition) is 21. The summed E-state index contributed by atoms with van der Waals surface area (Å²) in [6.45, 7) is 3.81. The van der Waals surface area contributed by atoms with Gasteiger partial charge in [-0.05, 0) is 41.8 Å². The van der Waals surface area contributed by atoms with Gasteiger partial charge in [0.05, 0.1) is 86.5 Å². The number of aliphatic hydroxyl groups is 4. The van der Waals surface area contributed by atoms with Crippen LogP contribution in [0.4, 0.5) is 8.78 Å². The molecule has 11 rings (SSSR count). The van der Waals surface area contributed by atoms with Gasteiger partial charge in [0.2, 0.25) is 0 Å². The summed E-state index contributed by atoms with van der Waals surface area (Å²) in [6.07, 6.45) is 4.51. The average molecular weight is 1240 g/mol. The third-order valence-corrected chi connectivity index (χ3v) is 17.9. The lowest BCUT2D eigenvalue weighted by Crippen LogP contribution is -2.56. The Labute approximate surface area is 508 Å². The van der Waals surface area contributed by atoms with Crippen molar-refractivity contribution in [2.45, 2.75) is 102 Å². The topological polar surface area (TPSA) is 303 Å². The first-order valence-electron chi connectivity index (χ1n) is 27.7. The number of carbonyl (C=O) groups excluding carboxylic acids is 1. The Morgan fingerprint density at radius 2 is 1.20 bits per heavy atom. The molecule has 16 unspecified atom stereocenters. The maximum atomic E-state index is 13.8. The van der Waals surface area contributed by atoms with Crippen molar-refractivity contribution in [1.82, 2.24) is 45.0 Å². The number of ether oxygens (including phenoxy) is 7. The minimum absolute atomic E-state index is 0.0228. The Balaban J connectivity index is 0.000000183. The normalized spacial score (nSPS) is 28.7. The predicted molar refractivity (Wildman–Crippen MR) is 315 cm³/mol. The van der Waals surface area contributed by atoms with E-state index in [0.717, 1.165) is 11.1 Å². The number of methoxy groups -OCH3 is 2. The molecule has 4 N–H and O–H groups in total. The van der Waals surface area contributed by atoms with Gasteiger partial charge < -0.3 is 53.6 Å². The van der Waals surface area contributed by atoms with Gasteiger partial charge >= 0.3 is 5.97 Å². The van der Waals surface area contributed by atoms with Gasteiger partial charge in [0, 0.05) is 48.3 Å². The highest BCUT2D eigenvalue weighted by Gasteiger charge is 2.50. The second-order valence-corrected chi connectivity index (χ2v) is 23.4. The van der Waals surface area contributed by atoms with Crippen molar-refractivity contribution in [2.24, 2.45) is 11.0 Å². The van der Waals surface area contributed by atoms with Gasteiger partial charge in [-0.15, -0.1) is 45.2 Å². The molecular formula is C59H66F2N12O12S2. The number of thioether (sulfide) groups is 2. The Morgan fingerprint density at radius 1 is 0.701 bits per heavy atom. The quantitative estimate of drug-likeness (QED) is 0.0279. The number of rotatable bonds is 16. The molecule has 87 heavy (non-hydrogen) atoms. The highest BCUT2D eigenvalue weighted by Crippen LogP contribution is 2.43. The maximum Gasteiger partial charge on any atom is 0.302 e. The van der Waals surface area contributed by atoms with Gasteiger partial charge in [-0.3, -0.25) is 4.79 Å². The zero-order valence-electron chi connectivity index (χ0n) is 47.7. The molecular weight excluding hydrogens is 1170 g/mol. The van der Waals surface area contributed by atoms with E-state index in [9.17, 15) is 34.0 Å². The summed E-state index contributed by atoms with van der Waals surface area (Å²) in [7, 11) is 3.01. The lowest BCUT2D eigenvalue weighted by Gasteiger charge is -2.45. The van der Waals surface area contributed by atoms with Crippen LogP contribution >= 0.6 is 23.5 Å². The lowest BCUT2D eigenvalue weighted by molar-refractivity contribution is -0.186. The Morgan fingerprint density at radius 3 is 1.69 bits per heavy atom. The van der Waals surface area contributed by atoms with Gasteiger partial charge in [0.15, 0.2) is 0 Å². The molecule has 0 bridgehead atoms. The van der Waals surface area contributed by atoms with Gasteiger partial charge in [-0.1, -0.05) is 112 Å². The Bertz CT molecular complexity index is 3420. The molecule has 0 saturated carbocycles. The number of benzene rings is 4. The minimum atomic E-state index is -1.19. The van der Waals surface area contributed by atoms with E-state index in [4.69, 9.17) is 45.1 Å². The number of halogens is 2. The second-order valence-electron chi connectivity index (χ2n) is 20.7. The number of nitrogens with zero attached hydrogens (tertiary/aromatic N) is 12. The number of aliphatic hydroxyl groups excluding tert-OH is 4. The number of hydrogen-bond donors (Lipinski definition) is 4. The first-order chi connectivity index (χ1) is 42.2. The van der Waals surface area contributed by atoms with Crippen LogP contribution in [0.25, 0.3) is 44.2 Å². The zero-order chi connectivity index (χ0) is 61.6. The molecule has 4 fully saturated rings. The molecule has 7 aromatic rings. The average Bonchev–Trinajstić information content (AvgIpc) is 3.19. The summed E-state index contributed by atoms with van der Waals surface area (Å²) in [5.74, 6) is 0.952. The van der Waals surface area contributed by atoms with Gasteiger partial charge in [-0.25, -0.2) is 22.8 Å². The molecule has 0 aliphatic carbocycles. The molecule has 3 aromatic heterocycles. The van der Waals surface area contributed by atoms with Gasteiger partial charge in [0.1, 0.15) is 88.7 Å². The summed E-state index contributed by atoms with van der Waals surface area (Å²) < 4.78 is 71.5. The van der Waals surface area contributed by atoms with Crippen LogP contribution in [0.15, 0.2) is 133 Å². The minimum Gasteiger partial charge on any atom is -0.463 e. The fourth-order valence-electron chi connectivity index (χ4n) is 10.4. The molecule has 4 aliphatic heterocycles. The van der Waals surface area contributed by atoms with E-state index in [0.29, 0.717) is 28.2 Å². The smallest absolute Gasteiger partial charge is 0.302 e. The molecule has 0 spiro atoms. The zero-order valence-corrected chi connectivity index (χ0v) is 49.3. The molecule has 28 heteroatoms. The maximum absolute atomic E-state index is 13.8. The highest BCUT2D eigenvalue weighted by molar-refractivity contribution is 8.00. The van der Waals surface area contributed by atoms with Crippen LogP contribution in [0.5, 0.6) is 0 Å². The van der Waals surface area contributed by atoms with E-state index >= 15 is 0 Å². The molecule has 4 saturated heterocycles. The largest absolute Gasteiger partial charge is 0.463 e. The predicted octanol–water partition coefficient (Wildman–Crippen LogP) is 6.12. The van der Waals surface area contributed by atoms with Crippen molar-refractivity contribution in [2.75, 3.05) is 53.9 Å². The van der Waals surface area contributed by atoms with Crippen molar-refractivity contribution in [3.63, 3.8) is 0 Å². The van der Waals surface area contributed by atoms with Crippen molar-refractivity contribution in [3.05, 3.63) is 155 Å². The molecule has 0 amide bonds. The monoisotopic (exact) mass is 1240 g/mol. The number of terminal acetylenes is 1. The summed E-state index contributed by atoms with van der Waals surface area (Å²) in [5, 5.41) is 72.4. The van der Waals surface area contributed by atoms with Gasteiger partial charge in [-0.2, -0.15) is 0 Å². The fourth-order valence-corrected chi connectivity index (χ4v) is 13.4. The van der Waals surface area contributed by atoms with Crippen molar-refractivity contribution >= 4 is 29.5 Å². The summed E-state index contributed by atoms with van der Waals surface area (Å²) >= 11 is 2.64. The summed E-state index contributed by atoms with van der Waals surface area (Å²) in [4.78, 5) is 14.4. The summed E-state index contributed by atoms with van der Waals surface area (Å²) in [6, 6.07) is 28.9. The van der Waals surface area contributed by atoms with E-state index in [-0.39, 0.29) is 50.0 Å². The van der Waals surface area contributed by atoms with E-state index in [1.165, 1.54) is 73.6 Å². The molecule has 4 aliphatic rings.